The van der Waals surface area contributed by atoms with Crippen LogP contribution in [0.15, 0.2) is 59.7 Å². The SMILES string of the molecule is Fc1ccccc1N=Cc1cccc2cc[n-]c12.[Cl][Ti][Cl]. The van der Waals surface area contributed by atoms with Crippen LogP contribution < -0.4 is 4.98 Å². The Labute approximate surface area is 138 Å². The fraction of sp³-hybridized carbons (Fsp3) is 0. The van der Waals surface area contributed by atoms with E-state index < -0.39 is 17.0 Å². The predicted molar refractivity (Wildman–Crippen MR) is 82.6 cm³/mol. The van der Waals surface area contributed by atoms with E-state index >= 15 is 0 Å². The average molecular weight is 356 g/mol. The molecule has 2 aromatic carbocycles. The van der Waals surface area contributed by atoms with E-state index in [9.17, 15) is 4.39 Å². The van der Waals surface area contributed by atoms with Crippen LogP contribution >= 0.6 is 18.6 Å². The van der Waals surface area contributed by atoms with Crippen LogP contribution in [0, 0.1) is 5.82 Å². The Bertz CT molecular complexity index is 743. The summed E-state index contributed by atoms with van der Waals surface area (Å²) < 4.78 is 13.4. The number of fused-ring (bicyclic) bond motifs is 1. The summed E-state index contributed by atoms with van der Waals surface area (Å²) in [6.07, 6.45) is 3.40. The van der Waals surface area contributed by atoms with Crippen molar-refractivity contribution in [3.8, 4) is 0 Å². The third kappa shape index (κ3) is 4.42. The van der Waals surface area contributed by atoms with Gasteiger partial charge in [0.1, 0.15) is 5.82 Å². The quantitative estimate of drug-likeness (QED) is 0.466. The van der Waals surface area contributed by atoms with Crippen molar-refractivity contribution in [1.29, 1.82) is 0 Å². The van der Waals surface area contributed by atoms with Gasteiger partial charge in [0.05, 0.1) is 5.69 Å². The van der Waals surface area contributed by atoms with E-state index in [-0.39, 0.29) is 5.82 Å². The summed E-state index contributed by atoms with van der Waals surface area (Å²) in [6, 6.07) is 14.2. The monoisotopic (exact) mass is 355 g/mol. The van der Waals surface area contributed by atoms with E-state index in [1.54, 1.807) is 30.6 Å². The molecule has 0 fully saturated rings. The average Bonchev–Trinajstić information content (AvgIpc) is 2.96. The fourth-order valence-electron chi connectivity index (χ4n) is 1.86. The van der Waals surface area contributed by atoms with Crippen molar-refractivity contribution in [2.24, 2.45) is 4.99 Å². The third-order valence-electron chi connectivity index (χ3n) is 2.75. The minimum absolute atomic E-state index is 0.323. The number of hydrogen-bond acceptors (Lipinski definition) is 1. The molecule has 0 atom stereocenters. The first-order valence-corrected chi connectivity index (χ1v) is 10.3. The summed E-state index contributed by atoms with van der Waals surface area (Å²) in [7, 11) is 9.78. The summed E-state index contributed by atoms with van der Waals surface area (Å²) in [4.78, 5) is 8.43. The first kappa shape index (κ1) is 16.2. The normalized spacial score (nSPS) is 10.4. The summed E-state index contributed by atoms with van der Waals surface area (Å²) in [6.45, 7) is 0. The summed E-state index contributed by atoms with van der Waals surface area (Å²) in [5.41, 5.74) is 2.11. The van der Waals surface area contributed by atoms with Gasteiger partial charge in [-0.05, 0) is 23.1 Å². The van der Waals surface area contributed by atoms with Crippen molar-refractivity contribution < 1.29 is 21.4 Å². The van der Waals surface area contributed by atoms with Crippen molar-refractivity contribution in [2.45, 2.75) is 0 Å². The van der Waals surface area contributed by atoms with Gasteiger partial charge in [0.15, 0.2) is 0 Å². The number of aliphatic imine (C=N–C) groups is 1. The molecule has 3 aromatic rings. The van der Waals surface area contributed by atoms with Gasteiger partial charge >= 0.3 is 35.6 Å². The topological polar surface area (TPSA) is 26.5 Å². The van der Waals surface area contributed by atoms with Crippen molar-refractivity contribution >= 4 is 41.4 Å². The molecule has 2 nitrogen and oxygen atoms in total. The van der Waals surface area contributed by atoms with Gasteiger partial charge in [-0.15, -0.1) is 5.52 Å². The Morgan fingerprint density at radius 3 is 2.57 bits per heavy atom. The predicted octanol–water partition coefficient (Wildman–Crippen LogP) is 5.06. The van der Waals surface area contributed by atoms with Crippen molar-refractivity contribution in [3.05, 3.63) is 66.1 Å². The maximum absolute atomic E-state index is 13.4. The van der Waals surface area contributed by atoms with Gasteiger partial charge < -0.3 is 4.98 Å². The van der Waals surface area contributed by atoms with E-state index in [1.807, 2.05) is 24.3 Å². The van der Waals surface area contributed by atoms with Crippen LogP contribution in [-0.4, -0.2) is 6.21 Å². The van der Waals surface area contributed by atoms with Crippen molar-refractivity contribution in [1.82, 2.24) is 4.98 Å². The fourth-order valence-corrected chi connectivity index (χ4v) is 1.86. The molecule has 6 heteroatoms. The van der Waals surface area contributed by atoms with Gasteiger partial charge in [0.25, 0.3) is 0 Å². The number of rotatable bonds is 2. The van der Waals surface area contributed by atoms with Gasteiger partial charge in [-0.3, -0.25) is 4.99 Å². The Morgan fingerprint density at radius 1 is 1.05 bits per heavy atom. The number of nitrogens with zero attached hydrogens (tertiary/aromatic N) is 2. The zero-order valence-electron chi connectivity index (χ0n) is 10.8. The molecule has 0 bridgehead atoms. The van der Waals surface area contributed by atoms with Crippen molar-refractivity contribution in [2.75, 3.05) is 0 Å². The number of hydrogen-bond donors (Lipinski definition) is 0. The van der Waals surface area contributed by atoms with Gasteiger partial charge in [-0.2, -0.15) is 6.20 Å². The maximum atomic E-state index is 13.4. The first-order valence-electron chi connectivity index (χ1n) is 6.01. The molecule has 0 aliphatic rings. The molecule has 0 saturated carbocycles. The molecule has 3 rings (SSSR count). The molecule has 0 unspecified atom stereocenters. The second-order valence-electron chi connectivity index (χ2n) is 4.01. The molecule has 0 aliphatic carbocycles. The second-order valence-corrected chi connectivity index (χ2v) is 6.59. The van der Waals surface area contributed by atoms with Crippen LogP contribution in [0.4, 0.5) is 10.1 Å². The molecule has 0 saturated heterocycles. The van der Waals surface area contributed by atoms with Gasteiger partial charge in [0.2, 0.25) is 0 Å². The summed E-state index contributed by atoms with van der Waals surface area (Å²) in [5.74, 6) is -0.323. The molecule has 21 heavy (non-hydrogen) atoms. The molecule has 1 aromatic heterocycles. The molecule has 106 valence electrons. The third-order valence-corrected chi connectivity index (χ3v) is 2.75. The zero-order chi connectivity index (χ0) is 15.1. The molecule has 0 aliphatic heterocycles. The minimum atomic E-state index is -0.556. The van der Waals surface area contributed by atoms with Crippen LogP contribution in [0.5, 0.6) is 0 Å². The second kappa shape index (κ2) is 8.35. The van der Waals surface area contributed by atoms with Gasteiger partial charge in [-0.25, -0.2) is 4.39 Å². The van der Waals surface area contributed by atoms with Crippen LogP contribution in [-0.2, 0) is 17.0 Å². The van der Waals surface area contributed by atoms with E-state index in [0.717, 1.165) is 16.5 Å². The summed E-state index contributed by atoms with van der Waals surface area (Å²) >= 11 is -0.556. The molecular formula is C15H10Cl2FN2Ti-. The zero-order valence-corrected chi connectivity index (χ0v) is 13.9. The number of aromatic nitrogens is 1. The molecule has 1 heterocycles. The molecule has 0 N–H and O–H groups in total. The number of halogens is 3. The Morgan fingerprint density at radius 2 is 1.81 bits per heavy atom. The van der Waals surface area contributed by atoms with Crippen LogP contribution in [0.2, 0.25) is 0 Å². The van der Waals surface area contributed by atoms with E-state index in [2.05, 4.69) is 9.98 Å². The summed E-state index contributed by atoms with van der Waals surface area (Å²) in [5, 5.41) is 1.06. The van der Waals surface area contributed by atoms with E-state index in [1.165, 1.54) is 6.07 Å². The van der Waals surface area contributed by atoms with E-state index in [4.69, 9.17) is 18.6 Å². The van der Waals surface area contributed by atoms with Crippen LogP contribution in [0.25, 0.3) is 10.9 Å². The van der Waals surface area contributed by atoms with E-state index in [0.29, 0.717) is 5.69 Å². The standard InChI is InChI=1S/C15H10FN2.2ClH.Ti/c16-13-6-1-2-7-14(13)18-10-12-5-3-4-11-8-9-17-15(11)12;;;/h1-10H;2*1H;/q-1;;;+2/p-2. The Hall–Kier alpha value is -1.13. The van der Waals surface area contributed by atoms with Crippen LogP contribution in [0.3, 0.4) is 0 Å². The molecule has 0 radical (unpaired) electrons. The van der Waals surface area contributed by atoms with Gasteiger partial charge in [-0.1, -0.05) is 36.4 Å². The Kier molecular flexibility index (Phi) is 6.46. The van der Waals surface area contributed by atoms with Crippen LogP contribution in [0.1, 0.15) is 5.56 Å². The number of para-hydroxylation sites is 2. The molecule has 0 amide bonds. The first-order chi connectivity index (χ1) is 10.3. The molecular weight excluding hydrogens is 346 g/mol. The Balaban J connectivity index is 0.000000497. The van der Waals surface area contributed by atoms with Gasteiger partial charge in [0, 0.05) is 6.21 Å². The van der Waals surface area contributed by atoms with Crippen molar-refractivity contribution in [3.63, 3.8) is 0 Å². The molecule has 0 spiro atoms. The number of benzene rings is 2.